The van der Waals surface area contributed by atoms with Crippen molar-refractivity contribution in [2.75, 3.05) is 39.8 Å². The number of unbranched alkanes of at least 4 members (excludes halogenated alkanes) is 1. The average molecular weight is 502 g/mol. The molecular weight excluding hydrogens is 463 g/mol. The third kappa shape index (κ3) is 9.45. The number of nitrogens with zero attached hydrogens (tertiary/aromatic N) is 2. The van der Waals surface area contributed by atoms with Crippen molar-refractivity contribution < 1.29 is 4.74 Å². The fraction of sp³-hybridized carbons (Fsp3) is 0.682. The predicted octanol–water partition coefficient (Wildman–Crippen LogP) is 4.19. The molecule has 2 rings (SSSR count). The Morgan fingerprint density at radius 2 is 1.93 bits per heavy atom. The zero-order chi connectivity index (χ0) is 19.5. The number of guanidine groups is 1. The van der Waals surface area contributed by atoms with Gasteiger partial charge < -0.3 is 20.3 Å². The van der Waals surface area contributed by atoms with Crippen molar-refractivity contribution in [2.24, 2.45) is 10.9 Å². The molecule has 1 aromatic carbocycles. The Morgan fingerprint density at radius 3 is 2.57 bits per heavy atom. The number of hydrogen-bond acceptors (Lipinski definition) is 3. The number of nitrogens with one attached hydrogen (secondary N) is 2. The van der Waals surface area contributed by atoms with E-state index in [9.17, 15) is 0 Å². The fourth-order valence-electron chi connectivity index (χ4n) is 3.04. The van der Waals surface area contributed by atoms with Gasteiger partial charge in [-0.2, -0.15) is 0 Å². The van der Waals surface area contributed by atoms with Gasteiger partial charge in [-0.15, -0.1) is 24.0 Å². The second-order valence-electron chi connectivity index (χ2n) is 7.45. The molecule has 0 aliphatic heterocycles. The lowest BCUT2D eigenvalue weighted by atomic mass is 10.1. The van der Waals surface area contributed by atoms with Crippen LogP contribution in [-0.4, -0.2) is 50.7 Å². The second-order valence-corrected chi connectivity index (χ2v) is 7.45. The van der Waals surface area contributed by atoms with Crippen LogP contribution in [0.2, 0.25) is 0 Å². The zero-order valence-corrected chi connectivity index (χ0v) is 20.4. The number of aliphatic imine (C=N–C) groups is 1. The minimum atomic E-state index is 0. The van der Waals surface area contributed by atoms with Crippen LogP contribution in [0.25, 0.3) is 0 Å². The summed E-state index contributed by atoms with van der Waals surface area (Å²) in [6, 6.07) is 6.44. The Kier molecular flexibility index (Phi) is 12.5. The first-order valence-electron chi connectivity index (χ1n) is 10.5. The maximum Gasteiger partial charge on any atom is 0.191 e. The van der Waals surface area contributed by atoms with Crippen LogP contribution in [0.15, 0.2) is 23.2 Å². The monoisotopic (exact) mass is 502 g/mol. The summed E-state index contributed by atoms with van der Waals surface area (Å²) >= 11 is 0. The lowest BCUT2D eigenvalue weighted by Crippen LogP contribution is -2.37. The maximum atomic E-state index is 6.06. The van der Waals surface area contributed by atoms with E-state index < -0.39 is 0 Å². The van der Waals surface area contributed by atoms with Gasteiger partial charge in [-0.1, -0.05) is 26.0 Å². The highest BCUT2D eigenvalue weighted by Gasteiger charge is 2.22. The van der Waals surface area contributed by atoms with E-state index >= 15 is 0 Å². The van der Waals surface area contributed by atoms with E-state index in [-0.39, 0.29) is 24.0 Å². The normalized spacial score (nSPS) is 14.0. The van der Waals surface area contributed by atoms with E-state index in [0.717, 1.165) is 56.8 Å². The van der Waals surface area contributed by atoms with Crippen molar-refractivity contribution in [3.05, 3.63) is 29.3 Å². The summed E-state index contributed by atoms with van der Waals surface area (Å²) in [6.45, 7) is 12.5. The smallest absolute Gasteiger partial charge is 0.191 e. The van der Waals surface area contributed by atoms with E-state index in [0.29, 0.717) is 0 Å². The SMILES string of the molecule is CCN(CC)CCCCNC(=NC)NCc1ccc(C)cc1OCC1CC1.I. The third-order valence-electron chi connectivity index (χ3n) is 5.15. The maximum absolute atomic E-state index is 6.06. The standard InChI is InChI=1S/C22H38N4O.HI/c1-5-26(6-2)14-8-7-13-24-22(23-4)25-16-20-12-9-18(3)15-21(20)27-17-19-10-11-19;/h9,12,15,19H,5-8,10-11,13-14,16-17H2,1-4H3,(H2,23,24,25);1H. The number of benzene rings is 1. The molecule has 5 nitrogen and oxygen atoms in total. The quantitative estimate of drug-likeness (QED) is 0.195. The molecule has 0 unspecified atom stereocenters. The Labute approximate surface area is 188 Å². The molecule has 1 fully saturated rings. The number of halogens is 1. The Balaban J connectivity index is 0.00000392. The molecule has 0 saturated heterocycles. The van der Waals surface area contributed by atoms with Crippen LogP contribution in [0.4, 0.5) is 0 Å². The van der Waals surface area contributed by atoms with E-state index in [1.165, 1.54) is 36.9 Å². The minimum Gasteiger partial charge on any atom is -0.493 e. The summed E-state index contributed by atoms with van der Waals surface area (Å²) in [5.41, 5.74) is 2.42. The van der Waals surface area contributed by atoms with Gasteiger partial charge in [0.05, 0.1) is 6.61 Å². The Hall–Kier alpha value is -1.02. The van der Waals surface area contributed by atoms with Crippen LogP contribution >= 0.6 is 24.0 Å². The van der Waals surface area contributed by atoms with E-state index in [4.69, 9.17) is 4.74 Å². The van der Waals surface area contributed by atoms with Crippen LogP contribution in [0.1, 0.15) is 50.7 Å². The van der Waals surface area contributed by atoms with Crippen molar-refractivity contribution in [1.29, 1.82) is 0 Å². The molecule has 160 valence electrons. The molecule has 0 spiro atoms. The van der Waals surface area contributed by atoms with Gasteiger partial charge in [-0.25, -0.2) is 0 Å². The highest BCUT2D eigenvalue weighted by atomic mass is 127. The molecule has 1 aliphatic rings. The minimum absolute atomic E-state index is 0. The molecule has 0 bridgehead atoms. The molecular formula is C22H39IN4O. The first-order valence-corrected chi connectivity index (χ1v) is 10.5. The fourth-order valence-corrected chi connectivity index (χ4v) is 3.04. The first-order chi connectivity index (χ1) is 13.2. The molecule has 0 heterocycles. The van der Waals surface area contributed by atoms with Crippen molar-refractivity contribution in [2.45, 2.75) is 53.0 Å². The number of hydrogen-bond donors (Lipinski definition) is 2. The van der Waals surface area contributed by atoms with Gasteiger partial charge in [0.15, 0.2) is 5.96 Å². The molecule has 0 radical (unpaired) electrons. The van der Waals surface area contributed by atoms with Gasteiger partial charge in [0.2, 0.25) is 0 Å². The second kappa shape index (κ2) is 14.0. The Bertz CT molecular complexity index is 586. The van der Waals surface area contributed by atoms with E-state index in [1.807, 2.05) is 7.05 Å². The average Bonchev–Trinajstić information content (AvgIpc) is 3.51. The predicted molar refractivity (Wildman–Crippen MR) is 130 cm³/mol. The largest absolute Gasteiger partial charge is 0.493 e. The highest BCUT2D eigenvalue weighted by molar-refractivity contribution is 14.0. The van der Waals surface area contributed by atoms with Gasteiger partial charge in [0.1, 0.15) is 5.75 Å². The van der Waals surface area contributed by atoms with Crippen molar-refractivity contribution >= 4 is 29.9 Å². The van der Waals surface area contributed by atoms with Crippen molar-refractivity contribution in [3.63, 3.8) is 0 Å². The molecule has 0 aromatic heterocycles. The summed E-state index contributed by atoms with van der Waals surface area (Å²) in [5, 5.41) is 6.84. The summed E-state index contributed by atoms with van der Waals surface area (Å²) in [7, 11) is 1.82. The van der Waals surface area contributed by atoms with Crippen LogP contribution in [0, 0.1) is 12.8 Å². The molecule has 0 amide bonds. The van der Waals surface area contributed by atoms with Gasteiger partial charge >= 0.3 is 0 Å². The van der Waals surface area contributed by atoms with Crippen LogP contribution < -0.4 is 15.4 Å². The van der Waals surface area contributed by atoms with Gasteiger partial charge in [-0.05, 0) is 69.8 Å². The highest BCUT2D eigenvalue weighted by Crippen LogP contribution is 2.30. The number of aryl methyl sites for hydroxylation is 1. The molecule has 6 heteroatoms. The third-order valence-corrected chi connectivity index (χ3v) is 5.15. The zero-order valence-electron chi connectivity index (χ0n) is 18.1. The lowest BCUT2D eigenvalue weighted by molar-refractivity contribution is 0.296. The molecule has 28 heavy (non-hydrogen) atoms. The first kappa shape index (κ1) is 25.0. The van der Waals surface area contributed by atoms with Gasteiger partial charge in [0.25, 0.3) is 0 Å². The topological polar surface area (TPSA) is 48.9 Å². The molecule has 1 aliphatic carbocycles. The Morgan fingerprint density at radius 1 is 1.18 bits per heavy atom. The molecule has 1 aromatic rings. The number of rotatable bonds is 12. The summed E-state index contributed by atoms with van der Waals surface area (Å²) in [5.74, 6) is 2.62. The van der Waals surface area contributed by atoms with Crippen LogP contribution in [0.3, 0.4) is 0 Å². The van der Waals surface area contributed by atoms with Crippen LogP contribution in [0.5, 0.6) is 5.75 Å². The van der Waals surface area contributed by atoms with Crippen LogP contribution in [-0.2, 0) is 6.54 Å². The van der Waals surface area contributed by atoms with Gasteiger partial charge in [-0.3, -0.25) is 4.99 Å². The summed E-state index contributed by atoms with van der Waals surface area (Å²) in [4.78, 5) is 6.81. The molecule has 1 saturated carbocycles. The molecule has 2 N–H and O–H groups in total. The summed E-state index contributed by atoms with van der Waals surface area (Å²) < 4.78 is 6.06. The summed E-state index contributed by atoms with van der Waals surface area (Å²) in [6.07, 6.45) is 4.98. The van der Waals surface area contributed by atoms with Gasteiger partial charge in [0, 0.05) is 25.7 Å². The van der Waals surface area contributed by atoms with E-state index in [1.54, 1.807) is 0 Å². The van der Waals surface area contributed by atoms with E-state index in [2.05, 4.69) is 59.5 Å². The number of ether oxygens (including phenoxy) is 1. The lowest BCUT2D eigenvalue weighted by Gasteiger charge is -2.18. The van der Waals surface area contributed by atoms with Crippen molar-refractivity contribution in [1.82, 2.24) is 15.5 Å². The molecule has 0 atom stereocenters. The van der Waals surface area contributed by atoms with Crippen molar-refractivity contribution in [3.8, 4) is 5.75 Å².